The zero-order chi connectivity index (χ0) is 12.6. The fourth-order valence-corrected chi connectivity index (χ4v) is 2.86. The molecule has 0 unspecified atom stereocenters. The van der Waals surface area contributed by atoms with Gasteiger partial charge in [0.1, 0.15) is 5.54 Å². The van der Waals surface area contributed by atoms with E-state index < -0.39 is 5.54 Å². The first kappa shape index (κ1) is 14.3. The van der Waals surface area contributed by atoms with Crippen LogP contribution in [0.15, 0.2) is 18.5 Å². The smallest absolute Gasteiger partial charge is 0.250 e. The molecule has 1 aromatic rings. The first-order valence-electron chi connectivity index (χ1n) is 6.72. The van der Waals surface area contributed by atoms with Crippen molar-refractivity contribution in [2.24, 2.45) is 0 Å². The Morgan fingerprint density at radius 3 is 2.63 bits per heavy atom. The zero-order valence-corrected chi connectivity index (χ0v) is 12.0. The van der Waals surface area contributed by atoms with Gasteiger partial charge in [0.05, 0.1) is 0 Å². The highest BCUT2D eigenvalue weighted by molar-refractivity contribution is 5.85. The van der Waals surface area contributed by atoms with Gasteiger partial charge in [0.2, 0.25) is 0 Å². The zero-order valence-electron chi connectivity index (χ0n) is 11.2. The number of piperidine rings is 1. The molecule has 1 aromatic heterocycles. The van der Waals surface area contributed by atoms with Crippen molar-refractivity contribution in [1.29, 1.82) is 0 Å². The molecule has 3 rings (SSSR count). The van der Waals surface area contributed by atoms with Crippen molar-refractivity contribution in [3.05, 3.63) is 18.5 Å². The molecule has 2 fully saturated rings. The molecule has 2 heterocycles. The largest absolute Gasteiger partial charge is 0.341 e. The van der Waals surface area contributed by atoms with Gasteiger partial charge in [0, 0.05) is 25.5 Å². The van der Waals surface area contributed by atoms with Crippen LogP contribution in [0.5, 0.6) is 0 Å². The number of rotatable bonds is 3. The summed E-state index contributed by atoms with van der Waals surface area (Å²) in [5.74, 6) is 0.232. The minimum absolute atomic E-state index is 0. The summed E-state index contributed by atoms with van der Waals surface area (Å²) in [5.41, 5.74) is -0.466. The van der Waals surface area contributed by atoms with Crippen molar-refractivity contribution < 1.29 is 4.79 Å². The summed E-state index contributed by atoms with van der Waals surface area (Å²) in [7, 11) is 1.94. The molecule has 1 aliphatic carbocycles. The number of halogens is 1. The molecule has 0 atom stereocenters. The number of carbonyl (C=O) groups is 1. The van der Waals surface area contributed by atoms with Gasteiger partial charge < -0.3 is 10.2 Å². The predicted molar refractivity (Wildman–Crippen MR) is 75.3 cm³/mol. The van der Waals surface area contributed by atoms with Gasteiger partial charge in [0.15, 0.2) is 0 Å². The molecule has 1 N–H and O–H groups in total. The van der Waals surface area contributed by atoms with E-state index >= 15 is 0 Å². The summed E-state index contributed by atoms with van der Waals surface area (Å²) in [6, 6.07) is 2.36. The minimum atomic E-state index is -0.466. The van der Waals surface area contributed by atoms with Crippen LogP contribution in [-0.2, 0) is 10.3 Å². The highest BCUT2D eigenvalue weighted by atomic mass is 35.5. The minimum Gasteiger partial charge on any atom is -0.341 e. The lowest BCUT2D eigenvalue weighted by Crippen LogP contribution is -2.55. The lowest BCUT2D eigenvalue weighted by molar-refractivity contribution is -0.142. The molecule has 5 nitrogen and oxygen atoms in total. The second-order valence-electron chi connectivity index (χ2n) is 5.38. The molecule has 19 heavy (non-hydrogen) atoms. The van der Waals surface area contributed by atoms with Crippen LogP contribution < -0.4 is 5.32 Å². The third-order valence-corrected chi connectivity index (χ3v) is 4.19. The highest BCUT2D eigenvalue weighted by Crippen LogP contribution is 2.33. The SMILES string of the molecule is CN(C(=O)C1(n2cccn2)CCNCC1)C1CC1.Cl. The number of nitrogens with one attached hydrogen (secondary N) is 1. The predicted octanol–water partition coefficient (Wildman–Crippen LogP) is 1.00. The average molecular weight is 285 g/mol. The second-order valence-corrected chi connectivity index (χ2v) is 5.38. The van der Waals surface area contributed by atoms with Gasteiger partial charge in [0.25, 0.3) is 5.91 Å². The van der Waals surface area contributed by atoms with Gasteiger partial charge in [-0.05, 0) is 44.8 Å². The van der Waals surface area contributed by atoms with E-state index in [0.717, 1.165) is 38.8 Å². The molecule has 0 radical (unpaired) electrons. The first-order chi connectivity index (χ1) is 8.74. The average Bonchev–Trinajstić information content (AvgIpc) is 3.12. The quantitative estimate of drug-likeness (QED) is 0.901. The van der Waals surface area contributed by atoms with Crippen LogP contribution >= 0.6 is 12.4 Å². The summed E-state index contributed by atoms with van der Waals surface area (Å²) in [6.45, 7) is 1.76. The third kappa shape index (κ3) is 2.49. The Morgan fingerprint density at radius 1 is 1.42 bits per heavy atom. The second kappa shape index (κ2) is 5.51. The molecule has 106 valence electrons. The van der Waals surface area contributed by atoms with E-state index in [1.54, 1.807) is 6.20 Å². The van der Waals surface area contributed by atoms with Crippen LogP contribution in [0.3, 0.4) is 0 Å². The fraction of sp³-hybridized carbons (Fsp3) is 0.692. The molecule has 0 aromatic carbocycles. The van der Waals surface area contributed by atoms with E-state index in [1.807, 2.05) is 28.9 Å². The number of amides is 1. The van der Waals surface area contributed by atoms with Crippen molar-refractivity contribution in [2.45, 2.75) is 37.3 Å². The van der Waals surface area contributed by atoms with E-state index in [9.17, 15) is 4.79 Å². The van der Waals surface area contributed by atoms with Gasteiger partial charge in [-0.25, -0.2) is 0 Å². The number of likely N-dealkylation sites (N-methyl/N-ethyl adjacent to an activating group) is 1. The lowest BCUT2D eigenvalue weighted by Gasteiger charge is -2.39. The Labute approximate surface area is 119 Å². The Hall–Kier alpha value is -1.07. The normalized spacial score (nSPS) is 21.5. The third-order valence-electron chi connectivity index (χ3n) is 4.19. The molecule has 2 aliphatic rings. The molecule has 1 saturated heterocycles. The lowest BCUT2D eigenvalue weighted by atomic mass is 9.87. The van der Waals surface area contributed by atoms with Crippen molar-refractivity contribution in [3.63, 3.8) is 0 Å². The van der Waals surface area contributed by atoms with Crippen molar-refractivity contribution >= 4 is 18.3 Å². The van der Waals surface area contributed by atoms with Crippen LogP contribution in [-0.4, -0.2) is 46.8 Å². The number of hydrogen-bond donors (Lipinski definition) is 1. The van der Waals surface area contributed by atoms with Gasteiger partial charge >= 0.3 is 0 Å². The molecule has 1 amide bonds. The number of hydrogen-bond acceptors (Lipinski definition) is 3. The summed E-state index contributed by atoms with van der Waals surface area (Å²) < 4.78 is 1.87. The number of carbonyl (C=O) groups excluding carboxylic acids is 1. The Bertz CT molecular complexity index is 424. The Kier molecular flexibility index (Phi) is 4.16. The van der Waals surface area contributed by atoms with Crippen molar-refractivity contribution in [2.75, 3.05) is 20.1 Å². The molecule has 6 heteroatoms. The number of nitrogens with zero attached hydrogens (tertiary/aromatic N) is 3. The number of aromatic nitrogens is 2. The van der Waals surface area contributed by atoms with Crippen LogP contribution in [0.1, 0.15) is 25.7 Å². The summed E-state index contributed by atoms with van der Waals surface area (Å²) in [4.78, 5) is 14.8. The molecule has 1 saturated carbocycles. The van der Waals surface area contributed by atoms with Gasteiger partial charge in [-0.15, -0.1) is 12.4 Å². The molecular weight excluding hydrogens is 264 g/mol. The van der Waals surface area contributed by atoms with E-state index in [-0.39, 0.29) is 18.3 Å². The van der Waals surface area contributed by atoms with Gasteiger partial charge in [-0.2, -0.15) is 5.10 Å². The Morgan fingerprint density at radius 2 is 2.11 bits per heavy atom. The first-order valence-corrected chi connectivity index (χ1v) is 6.72. The van der Waals surface area contributed by atoms with Gasteiger partial charge in [-0.1, -0.05) is 0 Å². The highest BCUT2D eigenvalue weighted by Gasteiger charge is 2.46. The maximum absolute atomic E-state index is 12.8. The van der Waals surface area contributed by atoms with Crippen LogP contribution in [0.25, 0.3) is 0 Å². The van der Waals surface area contributed by atoms with Gasteiger partial charge in [-0.3, -0.25) is 9.48 Å². The van der Waals surface area contributed by atoms with E-state index in [4.69, 9.17) is 0 Å². The standard InChI is InChI=1S/C13H20N4O.ClH/c1-16(11-3-4-11)12(18)13(5-8-14-9-6-13)17-10-2-7-15-17;/h2,7,10-11,14H,3-6,8-9H2,1H3;1H. The molecule has 0 spiro atoms. The van der Waals surface area contributed by atoms with Crippen molar-refractivity contribution in [3.8, 4) is 0 Å². The molecular formula is C13H21ClN4O. The molecule has 0 bridgehead atoms. The topological polar surface area (TPSA) is 50.2 Å². The maximum Gasteiger partial charge on any atom is 0.250 e. The fourth-order valence-electron chi connectivity index (χ4n) is 2.86. The summed E-state index contributed by atoms with van der Waals surface area (Å²) in [6.07, 6.45) is 7.62. The molecule has 1 aliphatic heterocycles. The monoisotopic (exact) mass is 284 g/mol. The van der Waals surface area contributed by atoms with Crippen molar-refractivity contribution in [1.82, 2.24) is 20.0 Å². The van der Waals surface area contributed by atoms with E-state index in [1.165, 1.54) is 0 Å². The van der Waals surface area contributed by atoms with E-state index in [0.29, 0.717) is 6.04 Å². The van der Waals surface area contributed by atoms with E-state index in [2.05, 4.69) is 10.4 Å². The van der Waals surface area contributed by atoms with Crippen LogP contribution in [0.2, 0.25) is 0 Å². The van der Waals surface area contributed by atoms with Crippen LogP contribution in [0.4, 0.5) is 0 Å². The van der Waals surface area contributed by atoms with Crippen LogP contribution in [0, 0.1) is 0 Å². The summed E-state index contributed by atoms with van der Waals surface area (Å²) in [5, 5.41) is 7.66. The Balaban J connectivity index is 0.00000133. The maximum atomic E-state index is 12.8. The summed E-state index contributed by atoms with van der Waals surface area (Å²) >= 11 is 0.